The summed E-state index contributed by atoms with van der Waals surface area (Å²) in [7, 11) is 2.78. The van der Waals surface area contributed by atoms with Crippen LogP contribution >= 0.6 is 9.24 Å². The Morgan fingerprint density at radius 2 is 1.60 bits per heavy atom. The molecule has 0 fully saturated rings. The van der Waals surface area contributed by atoms with Gasteiger partial charge < -0.3 is 0 Å². The van der Waals surface area contributed by atoms with Crippen molar-refractivity contribution in [2.45, 2.75) is 46.5 Å². The molecule has 0 aliphatic rings. The lowest BCUT2D eigenvalue weighted by molar-refractivity contribution is 0.360. The summed E-state index contributed by atoms with van der Waals surface area (Å²) in [6.07, 6.45) is 6.82. The van der Waals surface area contributed by atoms with Crippen LogP contribution in [0.3, 0.4) is 0 Å². The molecule has 0 N–H and O–H groups in total. The fraction of sp³-hybridized carbons (Fsp3) is 1.00. The van der Waals surface area contributed by atoms with Crippen LogP contribution in [-0.4, -0.2) is 6.16 Å². The fourth-order valence-corrected chi connectivity index (χ4v) is 1.27. The molecule has 0 bridgehead atoms. The molecule has 1 unspecified atom stereocenters. The third-order valence-electron chi connectivity index (χ3n) is 1.63. The molecule has 0 aromatic carbocycles. The average molecular weight is 160 g/mol. The normalized spacial score (nSPS) is 12.0. The quantitative estimate of drug-likeness (QED) is 0.436. The van der Waals surface area contributed by atoms with Crippen molar-refractivity contribution in [3.05, 3.63) is 0 Å². The van der Waals surface area contributed by atoms with Gasteiger partial charge in [-0.15, -0.1) is 9.24 Å². The van der Waals surface area contributed by atoms with Crippen LogP contribution in [0.5, 0.6) is 0 Å². The molecule has 0 nitrogen and oxygen atoms in total. The Kier molecular flexibility index (Phi) is 5.35. The van der Waals surface area contributed by atoms with E-state index in [0.29, 0.717) is 5.41 Å². The van der Waals surface area contributed by atoms with E-state index < -0.39 is 0 Å². The third-order valence-corrected chi connectivity index (χ3v) is 2.04. The molecular weight excluding hydrogens is 139 g/mol. The Bertz CT molecular complexity index is 71.3. The van der Waals surface area contributed by atoms with Crippen LogP contribution in [0.1, 0.15) is 46.5 Å². The first-order chi connectivity index (χ1) is 4.56. The summed E-state index contributed by atoms with van der Waals surface area (Å²) >= 11 is 0. The molecular formula is C9H21P. The summed E-state index contributed by atoms with van der Waals surface area (Å²) in [4.78, 5) is 0. The van der Waals surface area contributed by atoms with E-state index >= 15 is 0 Å². The molecule has 0 aromatic heterocycles. The number of rotatable bonds is 4. The SMILES string of the molecule is CC(C)(C)CCCCCP. The molecule has 0 saturated heterocycles. The van der Waals surface area contributed by atoms with Gasteiger partial charge in [0, 0.05) is 0 Å². The molecule has 10 heavy (non-hydrogen) atoms. The summed E-state index contributed by atoms with van der Waals surface area (Å²) in [5, 5.41) is 0. The Balaban J connectivity index is 3.04. The third kappa shape index (κ3) is 8.43. The van der Waals surface area contributed by atoms with Crippen molar-refractivity contribution in [2.24, 2.45) is 5.41 Å². The van der Waals surface area contributed by atoms with E-state index in [0.717, 1.165) is 0 Å². The summed E-state index contributed by atoms with van der Waals surface area (Å²) in [6.45, 7) is 6.94. The van der Waals surface area contributed by atoms with Crippen molar-refractivity contribution < 1.29 is 0 Å². The van der Waals surface area contributed by atoms with Gasteiger partial charge in [0.25, 0.3) is 0 Å². The number of unbranched alkanes of at least 4 members (excludes halogenated alkanes) is 2. The predicted octanol–water partition coefficient (Wildman–Crippen LogP) is 3.47. The highest BCUT2D eigenvalue weighted by molar-refractivity contribution is 7.16. The molecule has 0 rings (SSSR count). The highest BCUT2D eigenvalue weighted by Gasteiger charge is 2.08. The zero-order valence-corrected chi connectivity index (χ0v) is 8.77. The number of hydrogen-bond acceptors (Lipinski definition) is 0. The summed E-state index contributed by atoms with van der Waals surface area (Å²) in [5.74, 6) is 0. The van der Waals surface area contributed by atoms with Gasteiger partial charge in [-0.2, -0.15) is 0 Å². The highest BCUT2D eigenvalue weighted by atomic mass is 31.0. The Labute approximate surface area is 68.0 Å². The first-order valence-corrected chi connectivity index (χ1v) is 5.08. The monoisotopic (exact) mass is 160 g/mol. The molecule has 0 aliphatic heterocycles. The maximum Gasteiger partial charge on any atom is -0.0381 e. The Hall–Kier alpha value is 0.430. The lowest BCUT2D eigenvalue weighted by Gasteiger charge is -2.17. The highest BCUT2D eigenvalue weighted by Crippen LogP contribution is 2.21. The zero-order chi connectivity index (χ0) is 8.04. The van der Waals surface area contributed by atoms with Crippen LogP contribution in [0.15, 0.2) is 0 Å². The van der Waals surface area contributed by atoms with Gasteiger partial charge in [-0.05, 0) is 24.4 Å². The van der Waals surface area contributed by atoms with Gasteiger partial charge in [0.15, 0.2) is 0 Å². The van der Waals surface area contributed by atoms with E-state index in [1.807, 2.05) is 0 Å². The molecule has 0 heterocycles. The van der Waals surface area contributed by atoms with Crippen molar-refractivity contribution in [1.29, 1.82) is 0 Å². The Morgan fingerprint density at radius 1 is 1.00 bits per heavy atom. The summed E-state index contributed by atoms with van der Waals surface area (Å²) < 4.78 is 0. The van der Waals surface area contributed by atoms with E-state index in [9.17, 15) is 0 Å². The molecule has 0 amide bonds. The molecule has 1 atom stereocenters. The van der Waals surface area contributed by atoms with Crippen LogP contribution in [0.25, 0.3) is 0 Å². The van der Waals surface area contributed by atoms with Gasteiger partial charge in [0.05, 0.1) is 0 Å². The van der Waals surface area contributed by atoms with Crippen LogP contribution in [0, 0.1) is 5.41 Å². The molecule has 62 valence electrons. The van der Waals surface area contributed by atoms with Gasteiger partial charge in [-0.25, -0.2) is 0 Å². The van der Waals surface area contributed by atoms with E-state index in [1.165, 1.54) is 31.8 Å². The minimum absolute atomic E-state index is 0.543. The largest absolute Gasteiger partial charge is 0.138 e. The zero-order valence-electron chi connectivity index (χ0n) is 7.61. The van der Waals surface area contributed by atoms with Crippen molar-refractivity contribution in [3.63, 3.8) is 0 Å². The van der Waals surface area contributed by atoms with Crippen molar-refractivity contribution in [1.82, 2.24) is 0 Å². The lowest BCUT2D eigenvalue weighted by Crippen LogP contribution is -2.03. The standard InChI is InChI=1S/C9H21P/c1-9(2,3)7-5-4-6-8-10/h4-8,10H2,1-3H3. The van der Waals surface area contributed by atoms with Gasteiger partial charge in [0.2, 0.25) is 0 Å². The summed E-state index contributed by atoms with van der Waals surface area (Å²) in [5.41, 5.74) is 0.543. The second kappa shape index (κ2) is 5.13. The minimum atomic E-state index is 0.543. The van der Waals surface area contributed by atoms with E-state index in [2.05, 4.69) is 30.0 Å². The lowest BCUT2D eigenvalue weighted by atomic mass is 9.90. The predicted molar refractivity (Wildman–Crippen MR) is 52.5 cm³/mol. The first-order valence-electron chi connectivity index (χ1n) is 4.26. The first kappa shape index (κ1) is 10.4. The Morgan fingerprint density at radius 3 is 2.00 bits per heavy atom. The van der Waals surface area contributed by atoms with Gasteiger partial charge in [-0.1, -0.05) is 33.6 Å². The van der Waals surface area contributed by atoms with Crippen LogP contribution in [-0.2, 0) is 0 Å². The van der Waals surface area contributed by atoms with E-state index in [-0.39, 0.29) is 0 Å². The van der Waals surface area contributed by atoms with Crippen LogP contribution in [0.2, 0.25) is 0 Å². The topological polar surface area (TPSA) is 0 Å². The van der Waals surface area contributed by atoms with Crippen LogP contribution in [0.4, 0.5) is 0 Å². The molecule has 0 aromatic rings. The van der Waals surface area contributed by atoms with Crippen molar-refractivity contribution >= 4 is 9.24 Å². The van der Waals surface area contributed by atoms with Gasteiger partial charge in [0.1, 0.15) is 0 Å². The molecule has 0 spiro atoms. The molecule has 0 radical (unpaired) electrons. The van der Waals surface area contributed by atoms with Gasteiger partial charge >= 0.3 is 0 Å². The van der Waals surface area contributed by atoms with Crippen LogP contribution < -0.4 is 0 Å². The fourth-order valence-electron chi connectivity index (χ4n) is 0.976. The smallest absolute Gasteiger partial charge is 0.0381 e. The molecule has 0 saturated carbocycles. The second-order valence-electron chi connectivity index (χ2n) is 4.16. The number of hydrogen-bond donors (Lipinski definition) is 0. The summed E-state index contributed by atoms with van der Waals surface area (Å²) in [6, 6.07) is 0. The maximum atomic E-state index is 2.78. The van der Waals surface area contributed by atoms with E-state index in [1.54, 1.807) is 0 Å². The maximum absolute atomic E-state index is 2.78. The van der Waals surface area contributed by atoms with Gasteiger partial charge in [-0.3, -0.25) is 0 Å². The average Bonchev–Trinajstić information content (AvgIpc) is 1.78. The van der Waals surface area contributed by atoms with Crippen molar-refractivity contribution in [3.8, 4) is 0 Å². The minimum Gasteiger partial charge on any atom is -0.138 e. The molecule has 1 heteroatoms. The second-order valence-corrected chi connectivity index (χ2v) is 4.74. The van der Waals surface area contributed by atoms with Crippen molar-refractivity contribution in [2.75, 3.05) is 6.16 Å². The van der Waals surface area contributed by atoms with E-state index in [4.69, 9.17) is 0 Å². The molecule has 0 aliphatic carbocycles.